The molecule has 0 atom stereocenters. The van der Waals surface area contributed by atoms with Gasteiger partial charge in [0.05, 0.1) is 0 Å². The molecule has 3 saturated heterocycles. The van der Waals surface area contributed by atoms with Crippen LogP contribution in [0.4, 0.5) is 0 Å². The van der Waals surface area contributed by atoms with Crippen LogP contribution in [0.1, 0.15) is 12.8 Å². The van der Waals surface area contributed by atoms with Crippen LogP contribution >= 0.6 is 0 Å². The van der Waals surface area contributed by atoms with E-state index in [-0.39, 0.29) is 0 Å². The molecule has 134 valence electrons. The molecule has 3 aliphatic rings. The van der Waals surface area contributed by atoms with Crippen molar-refractivity contribution in [3.63, 3.8) is 0 Å². The zero-order valence-corrected chi connectivity index (χ0v) is 15.3. The summed E-state index contributed by atoms with van der Waals surface area (Å²) in [6.07, 6.45) is 1.94. The van der Waals surface area contributed by atoms with Crippen molar-refractivity contribution in [2.45, 2.75) is 18.9 Å². The molecule has 0 unspecified atom stereocenters. The number of hydrogen-bond acceptors (Lipinski definition) is 5. The van der Waals surface area contributed by atoms with Gasteiger partial charge in [-0.1, -0.05) is 0 Å². The topological polar surface area (TPSA) is 50.3 Å². The molecule has 0 amide bonds. The summed E-state index contributed by atoms with van der Waals surface area (Å²) in [7, 11) is 0.958. The Morgan fingerprint density at radius 3 is 1.61 bits per heavy atom. The third-order valence-corrected chi connectivity index (χ3v) is 7.63. The Morgan fingerprint density at radius 1 is 0.652 bits per heavy atom. The summed E-state index contributed by atoms with van der Waals surface area (Å²) in [5.41, 5.74) is 0. The van der Waals surface area contributed by atoms with Crippen LogP contribution in [0.15, 0.2) is 0 Å². The Labute approximate surface area is 141 Å². The third kappa shape index (κ3) is 4.05. The number of piperidine rings is 1. The molecule has 3 aliphatic heterocycles. The number of piperazine rings is 2. The highest BCUT2D eigenvalue weighted by Crippen LogP contribution is 2.22. The molecular weight excluding hydrogens is 314 g/mol. The molecular formula is C15H31N5O2S. The van der Waals surface area contributed by atoms with Gasteiger partial charge in [0.15, 0.2) is 0 Å². The van der Waals surface area contributed by atoms with Gasteiger partial charge in [0.1, 0.15) is 0 Å². The molecule has 3 fully saturated rings. The first-order chi connectivity index (χ1) is 11.0. The molecule has 0 N–H and O–H groups in total. The molecule has 7 nitrogen and oxygen atoms in total. The van der Waals surface area contributed by atoms with Gasteiger partial charge in [-0.15, -0.1) is 0 Å². The monoisotopic (exact) mass is 345 g/mol. The van der Waals surface area contributed by atoms with Gasteiger partial charge in [0.25, 0.3) is 10.2 Å². The van der Waals surface area contributed by atoms with Crippen LogP contribution in [-0.4, -0.2) is 117 Å². The fourth-order valence-corrected chi connectivity index (χ4v) is 5.43. The first-order valence-corrected chi connectivity index (χ1v) is 10.2. The summed E-state index contributed by atoms with van der Waals surface area (Å²) in [5.74, 6) is 0. The fourth-order valence-electron chi connectivity index (χ4n) is 3.81. The van der Waals surface area contributed by atoms with Crippen molar-refractivity contribution in [1.29, 1.82) is 0 Å². The maximum atomic E-state index is 12.8. The van der Waals surface area contributed by atoms with E-state index < -0.39 is 10.2 Å². The zero-order chi connectivity index (χ0) is 16.4. The molecule has 0 aromatic heterocycles. The largest absolute Gasteiger partial charge is 0.304 e. The summed E-state index contributed by atoms with van der Waals surface area (Å²) >= 11 is 0. The predicted molar refractivity (Wildman–Crippen MR) is 91.7 cm³/mol. The quantitative estimate of drug-likeness (QED) is 0.670. The molecule has 0 aromatic carbocycles. The Balaban J connectivity index is 1.52. The summed E-state index contributed by atoms with van der Waals surface area (Å²) in [6, 6.07) is 0.558. The standard InChI is InChI=1S/C15H31N5O2S/c1-16-7-11-18(12-8-16)15-3-5-19(6-4-15)23(21,22)20-13-9-17(2)10-14-20/h15H,3-14H2,1-2H3. The van der Waals surface area contributed by atoms with Crippen LogP contribution in [0, 0.1) is 0 Å². The van der Waals surface area contributed by atoms with Crippen LogP contribution in [0.2, 0.25) is 0 Å². The van der Waals surface area contributed by atoms with Gasteiger partial charge in [-0.2, -0.15) is 17.0 Å². The van der Waals surface area contributed by atoms with E-state index in [0.717, 1.165) is 52.1 Å². The van der Waals surface area contributed by atoms with Gasteiger partial charge in [0, 0.05) is 71.5 Å². The van der Waals surface area contributed by atoms with Gasteiger partial charge in [0.2, 0.25) is 0 Å². The van der Waals surface area contributed by atoms with Gasteiger partial charge in [-0.05, 0) is 26.9 Å². The number of hydrogen-bond donors (Lipinski definition) is 0. The van der Waals surface area contributed by atoms with Crippen molar-refractivity contribution in [1.82, 2.24) is 23.3 Å². The second-order valence-corrected chi connectivity index (χ2v) is 9.11. The van der Waals surface area contributed by atoms with Gasteiger partial charge >= 0.3 is 0 Å². The number of rotatable bonds is 3. The summed E-state index contributed by atoms with van der Waals surface area (Å²) in [6.45, 7) is 8.73. The molecule has 8 heteroatoms. The van der Waals surface area contributed by atoms with Crippen LogP contribution in [-0.2, 0) is 10.2 Å². The smallest absolute Gasteiger partial charge is 0.282 e. The van der Waals surface area contributed by atoms with Gasteiger partial charge in [-0.25, -0.2) is 0 Å². The molecule has 3 rings (SSSR count). The van der Waals surface area contributed by atoms with E-state index in [1.54, 1.807) is 8.61 Å². The van der Waals surface area contributed by atoms with E-state index in [4.69, 9.17) is 0 Å². The maximum Gasteiger partial charge on any atom is 0.282 e. The minimum atomic E-state index is -3.26. The van der Waals surface area contributed by atoms with Crippen molar-refractivity contribution in [2.75, 3.05) is 79.5 Å². The van der Waals surface area contributed by atoms with Gasteiger partial charge < -0.3 is 9.80 Å². The lowest BCUT2D eigenvalue weighted by Crippen LogP contribution is -2.56. The molecule has 3 heterocycles. The number of nitrogens with zero attached hydrogens (tertiary/aromatic N) is 5. The Bertz CT molecular complexity index is 476. The number of likely N-dealkylation sites (N-methyl/N-ethyl adjacent to an activating group) is 2. The van der Waals surface area contributed by atoms with Crippen molar-refractivity contribution in [3.05, 3.63) is 0 Å². The van der Waals surface area contributed by atoms with Crippen molar-refractivity contribution >= 4 is 10.2 Å². The van der Waals surface area contributed by atoms with Crippen LogP contribution < -0.4 is 0 Å². The molecule has 0 bridgehead atoms. The highest BCUT2D eigenvalue weighted by atomic mass is 32.2. The second-order valence-electron chi connectivity index (χ2n) is 7.18. The molecule has 0 aromatic rings. The van der Waals surface area contributed by atoms with E-state index in [9.17, 15) is 8.42 Å². The normalized spacial score (nSPS) is 29.1. The van der Waals surface area contributed by atoms with Crippen LogP contribution in [0.5, 0.6) is 0 Å². The van der Waals surface area contributed by atoms with Gasteiger partial charge in [-0.3, -0.25) is 4.90 Å². The molecule has 23 heavy (non-hydrogen) atoms. The third-order valence-electron chi connectivity index (χ3n) is 5.59. The van der Waals surface area contributed by atoms with E-state index in [0.29, 0.717) is 32.2 Å². The van der Waals surface area contributed by atoms with Crippen LogP contribution in [0.25, 0.3) is 0 Å². The minimum absolute atomic E-state index is 0.558. The first-order valence-electron chi connectivity index (χ1n) is 8.83. The SMILES string of the molecule is CN1CCN(C2CCN(S(=O)(=O)N3CCN(C)CC3)CC2)CC1. The molecule has 0 radical (unpaired) electrons. The van der Waals surface area contributed by atoms with E-state index >= 15 is 0 Å². The second kappa shape index (κ2) is 7.33. The minimum Gasteiger partial charge on any atom is -0.304 e. The average molecular weight is 346 g/mol. The molecule has 0 spiro atoms. The van der Waals surface area contributed by atoms with Crippen molar-refractivity contribution < 1.29 is 8.42 Å². The lowest BCUT2D eigenvalue weighted by Gasteiger charge is -2.43. The van der Waals surface area contributed by atoms with Crippen molar-refractivity contribution in [2.24, 2.45) is 0 Å². The summed E-state index contributed by atoms with van der Waals surface area (Å²) in [4.78, 5) is 7.11. The van der Waals surface area contributed by atoms with E-state index in [1.807, 2.05) is 7.05 Å². The average Bonchev–Trinajstić information content (AvgIpc) is 2.56. The van der Waals surface area contributed by atoms with E-state index in [2.05, 4.69) is 21.7 Å². The highest BCUT2D eigenvalue weighted by molar-refractivity contribution is 7.86. The fraction of sp³-hybridized carbons (Fsp3) is 1.00. The van der Waals surface area contributed by atoms with E-state index in [1.165, 1.54) is 0 Å². The first kappa shape index (κ1) is 17.6. The lowest BCUT2D eigenvalue weighted by atomic mass is 10.0. The zero-order valence-electron chi connectivity index (χ0n) is 14.5. The lowest BCUT2D eigenvalue weighted by molar-refractivity contribution is 0.0820. The molecule has 0 aliphatic carbocycles. The highest BCUT2D eigenvalue weighted by Gasteiger charge is 2.35. The Kier molecular flexibility index (Phi) is 5.60. The molecule has 0 saturated carbocycles. The Hall–Kier alpha value is -0.250. The maximum absolute atomic E-state index is 12.8. The summed E-state index contributed by atoms with van der Waals surface area (Å²) < 4.78 is 29.0. The van der Waals surface area contributed by atoms with Crippen molar-refractivity contribution in [3.8, 4) is 0 Å². The van der Waals surface area contributed by atoms with Crippen LogP contribution in [0.3, 0.4) is 0 Å². The Morgan fingerprint density at radius 2 is 1.09 bits per heavy atom. The summed E-state index contributed by atoms with van der Waals surface area (Å²) in [5, 5.41) is 0. The predicted octanol–water partition coefficient (Wildman–Crippen LogP) is -0.810.